The van der Waals surface area contributed by atoms with Gasteiger partial charge in [-0.15, -0.1) is 0 Å². The summed E-state index contributed by atoms with van der Waals surface area (Å²) in [6, 6.07) is 5.35. The van der Waals surface area contributed by atoms with Crippen LogP contribution in [0.25, 0.3) is 0 Å². The molecule has 0 saturated heterocycles. The molecule has 5 heteroatoms. The Labute approximate surface area is 110 Å². The zero-order valence-corrected chi connectivity index (χ0v) is 10.6. The van der Waals surface area contributed by atoms with E-state index in [1.165, 1.54) is 6.20 Å². The number of pyridine rings is 2. The van der Waals surface area contributed by atoms with Crippen LogP contribution in [0.1, 0.15) is 21.6 Å². The van der Waals surface area contributed by atoms with Crippen molar-refractivity contribution in [2.45, 2.75) is 13.5 Å². The number of hydrogen-bond acceptors (Lipinski definition) is 3. The van der Waals surface area contributed by atoms with Gasteiger partial charge in [0.1, 0.15) is 0 Å². The number of amides is 1. The predicted octanol–water partition coefficient (Wildman–Crippen LogP) is 2.37. The van der Waals surface area contributed by atoms with Gasteiger partial charge < -0.3 is 5.32 Å². The molecule has 2 aromatic heterocycles. The minimum atomic E-state index is -0.232. The largest absolute Gasteiger partial charge is 0.348 e. The summed E-state index contributed by atoms with van der Waals surface area (Å²) in [5, 5.41) is 3.20. The first-order valence-corrected chi connectivity index (χ1v) is 5.84. The Kier molecular flexibility index (Phi) is 3.89. The number of nitrogens with one attached hydrogen (secondary N) is 1. The number of nitrogens with zero attached hydrogens (tertiary/aromatic N) is 2. The van der Waals surface area contributed by atoms with Gasteiger partial charge in [0.05, 0.1) is 10.6 Å². The maximum absolute atomic E-state index is 11.9. The fraction of sp³-hybridized carbons (Fsp3) is 0.154. The van der Waals surface area contributed by atoms with E-state index in [1.807, 2.05) is 19.1 Å². The van der Waals surface area contributed by atoms with Gasteiger partial charge in [-0.2, -0.15) is 0 Å². The van der Waals surface area contributed by atoms with Crippen LogP contribution in [0.5, 0.6) is 0 Å². The highest BCUT2D eigenvalue weighted by molar-refractivity contribution is 6.33. The molecule has 4 nitrogen and oxygen atoms in total. The number of hydrogen-bond donors (Lipinski definition) is 1. The van der Waals surface area contributed by atoms with Crippen LogP contribution < -0.4 is 5.32 Å². The summed E-state index contributed by atoms with van der Waals surface area (Å²) in [4.78, 5) is 19.9. The SMILES string of the molecule is Cc1cc(Cl)c(C(=O)NCc2ccncc2)cn1. The highest BCUT2D eigenvalue weighted by atomic mass is 35.5. The molecule has 0 aliphatic rings. The van der Waals surface area contributed by atoms with Crippen molar-refractivity contribution in [3.63, 3.8) is 0 Å². The van der Waals surface area contributed by atoms with Gasteiger partial charge in [-0.1, -0.05) is 11.6 Å². The molecule has 0 bridgehead atoms. The molecule has 0 saturated carbocycles. The topological polar surface area (TPSA) is 54.9 Å². The zero-order chi connectivity index (χ0) is 13.0. The molecule has 0 radical (unpaired) electrons. The molecule has 0 aromatic carbocycles. The van der Waals surface area contributed by atoms with E-state index in [2.05, 4.69) is 15.3 Å². The fourth-order valence-corrected chi connectivity index (χ4v) is 1.76. The van der Waals surface area contributed by atoms with Crippen molar-refractivity contribution in [3.8, 4) is 0 Å². The van der Waals surface area contributed by atoms with Crippen molar-refractivity contribution >= 4 is 17.5 Å². The van der Waals surface area contributed by atoms with Crippen LogP contribution in [0.15, 0.2) is 36.8 Å². The number of carbonyl (C=O) groups excluding carboxylic acids is 1. The molecule has 92 valence electrons. The van der Waals surface area contributed by atoms with Crippen LogP contribution in [0.2, 0.25) is 5.02 Å². The molecule has 0 spiro atoms. The lowest BCUT2D eigenvalue weighted by Gasteiger charge is -2.06. The molecule has 0 fully saturated rings. The van der Waals surface area contributed by atoms with E-state index in [4.69, 9.17) is 11.6 Å². The van der Waals surface area contributed by atoms with E-state index in [0.29, 0.717) is 17.1 Å². The van der Waals surface area contributed by atoms with Gasteiger partial charge in [-0.25, -0.2) is 0 Å². The molecule has 0 aliphatic heterocycles. The van der Waals surface area contributed by atoms with E-state index in [9.17, 15) is 4.79 Å². The second-order valence-corrected chi connectivity index (χ2v) is 4.25. The highest BCUT2D eigenvalue weighted by Crippen LogP contribution is 2.15. The van der Waals surface area contributed by atoms with Crippen molar-refractivity contribution in [1.29, 1.82) is 0 Å². The van der Waals surface area contributed by atoms with E-state index in [-0.39, 0.29) is 5.91 Å². The van der Waals surface area contributed by atoms with Gasteiger partial charge in [0.25, 0.3) is 5.91 Å². The van der Waals surface area contributed by atoms with Crippen LogP contribution in [-0.2, 0) is 6.54 Å². The highest BCUT2D eigenvalue weighted by Gasteiger charge is 2.10. The van der Waals surface area contributed by atoms with Crippen molar-refractivity contribution < 1.29 is 4.79 Å². The van der Waals surface area contributed by atoms with Crippen molar-refractivity contribution in [2.24, 2.45) is 0 Å². The second-order valence-electron chi connectivity index (χ2n) is 3.84. The lowest BCUT2D eigenvalue weighted by atomic mass is 10.2. The summed E-state index contributed by atoms with van der Waals surface area (Å²) in [5.41, 5.74) is 2.15. The van der Waals surface area contributed by atoms with Crippen molar-refractivity contribution in [2.75, 3.05) is 0 Å². The van der Waals surface area contributed by atoms with E-state index < -0.39 is 0 Å². The van der Waals surface area contributed by atoms with E-state index >= 15 is 0 Å². The molecule has 2 heterocycles. The van der Waals surface area contributed by atoms with Crippen molar-refractivity contribution in [3.05, 3.63) is 58.6 Å². The molecule has 0 atom stereocenters. The first kappa shape index (κ1) is 12.5. The number of aryl methyl sites for hydroxylation is 1. The van der Waals surface area contributed by atoms with Crippen LogP contribution in [0.3, 0.4) is 0 Å². The molecular formula is C13H12ClN3O. The van der Waals surface area contributed by atoms with Crippen LogP contribution in [0, 0.1) is 6.92 Å². The number of aromatic nitrogens is 2. The third kappa shape index (κ3) is 3.05. The first-order valence-electron chi connectivity index (χ1n) is 5.46. The fourth-order valence-electron chi connectivity index (χ4n) is 1.47. The standard InChI is InChI=1S/C13H12ClN3O/c1-9-6-12(14)11(8-16-9)13(18)17-7-10-2-4-15-5-3-10/h2-6,8H,7H2,1H3,(H,17,18). The minimum Gasteiger partial charge on any atom is -0.348 e. The molecule has 0 aliphatic carbocycles. The third-order valence-corrected chi connectivity index (χ3v) is 2.75. The lowest BCUT2D eigenvalue weighted by Crippen LogP contribution is -2.23. The maximum atomic E-state index is 11.9. The summed E-state index contributed by atoms with van der Waals surface area (Å²) < 4.78 is 0. The Morgan fingerprint density at radius 3 is 2.78 bits per heavy atom. The van der Waals surface area contributed by atoms with Gasteiger partial charge >= 0.3 is 0 Å². The van der Waals surface area contributed by atoms with Crippen LogP contribution in [-0.4, -0.2) is 15.9 Å². The lowest BCUT2D eigenvalue weighted by molar-refractivity contribution is 0.0950. The molecular weight excluding hydrogens is 250 g/mol. The summed E-state index contributed by atoms with van der Waals surface area (Å²) in [7, 11) is 0. The summed E-state index contributed by atoms with van der Waals surface area (Å²) in [6.45, 7) is 2.26. The Balaban J connectivity index is 2.04. The van der Waals surface area contributed by atoms with Gasteiger partial charge in [-0.3, -0.25) is 14.8 Å². The molecule has 2 rings (SSSR count). The number of halogens is 1. The molecule has 1 N–H and O–H groups in total. The van der Waals surface area contributed by atoms with Gasteiger partial charge in [0.2, 0.25) is 0 Å². The summed E-state index contributed by atoms with van der Waals surface area (Å²) in [5.74, 6) is -0.232. The molecule has 0 unspecified atom stereocenters. The Morgan fingerprint density at radius 2 is 2.11 bits per heavy atom. The monoisotopic (exact) mass is 261 g/mol. The Morgan fingerprint density at radius 1 is 1.39 bits per heavy atom. The summed E-state index contributed by atoms with van der Waals surface area (Å²) in [6.07, 6.45) is 4.85. The molecule has 1 amide bonds. The van der Waals surface area contributed by atoms with Gasteiger partial charge in [0, 0.05) is 30.8 Å². The maximum Gasteiger partial charge on any atom is 0.254 e. The van der Waals surface area contributed by atoms with Crippen LogP contribution >= 0.6 is 11.6 Å². The molecule has 2 aromatic rings. The van der Waals surface area contributed by atoms with Gasteiger partial charge in [0.15, 0.2) is 0 Å². The zero-order valence-electron chi connectivity index (χ0n) is 9.85. The molecule has 18 heavy (non-hydrogen) atoms. The third-order valence-electron chi connectivity index (χ3n) is 2.44. The van der Waals surface area contributed by atoms with E-state index in [1.54, 1.807) is 18.5 Å². The smallest absolute Gasteiger partial charge is 0.254 e. The van der Waals surface area contributed by atoms with Crippen molar-refractivity contribution in [1.82, 2.24) is 15.3 Å². The number of carbonyl (C=O) groups is 1. The number of rotatable bonds is 3. The Bertz CT molecular complexity index is 557. The first-order chi connectivity index (χ1) is 8.66. The van der Waals surface area contributed by atoms with E-state index in [0.717, 1.165) is 11.3 Å². The minimum absolute atomic E-state index is 0.232. The Hall–Kier alpha value is -1.94. The second kappa shape index (κ2) is 5.60. The van der Waals surface area contributed by atoms with Gasteiger partial charge in [-0.05, 0) is 30.7 Å². The average molecular weight is 262 g/mol. The van der Waals surface area contributed by atoms with Crippen LogP contribution in [0.4, 0.5) is 0 Å². The quantitative estimate of drug-likeness (QED) is 0.923. The normalized spacial score (nSPS) is 10.1. The average Bonchev–Trinajstić information content (AvgIpc) is 2.37. The summed E-state index contributed by atoms with van der Waals surface area (Å²) >= 11 is 6.00. The predicted molar refractivity (Wildman–Crippen MR) is 69.4 cm³/mol.